The van der Waals surface area contributed by atoms with Crippen LogP contribution in [0.1, 0.15) is 11.7 Å². The zero-order valence-electron chi connectivity index (χ0n) is 8.55. The molecule has 0 fully saturated rings. The Morgan fingerprint density at radius 2 is 2.19 bits per heavy atom. The molecule has 0 spiro atoms. The van der Waals surface area contributed by atoms with Gasteiger partial charge in [0.2, 0.25) is 0 Å². The molecule has 0 aliphatic carbocycles. The zero-order chi connectivity index (χ0) is 12.3. The van der Waals surface area contributed by atoms with E-state index in [4.69, 9.17) is 15.6 Å². The topological polar surface area (TPSA) is 92.8 Å². The molecule has 16 heavy (non-hydrogen) atoms. The lowest BCUT2D eigenvalue weighted by atomic mass is 10.0. The molecule has 1 rings (SSSR count). The van der Waals surface area contributed by atoms with Gasteiger partial charge in [-0.2, -0.15) is 0 Å². The maximum absolute atomic E-state index is 13.3. The van der Waals surface area contributed by atoms with E-state index >= 15 is 0 Å². The molecule has 88 valence electrons. The second kappa shape index (κ2) is 4.91. The fraction of sp³-hybridized carbons (Fsp3) is 0.300. The molecule has 6 heteroatoms. The fourth-order valence-electron chi connectivity index (χ4n) is 1.30. The predicted octanol–water partition coefficient (Wildman–Crippen LogP) is 0.280. The van der Waals surface area contributed by atoms with Crippen LogP contribution in [-0.2, 0) is 4.79 Å². The summed E-state index contributed by atoms with van der Waals surface area (Å²) in [6.07, 6.45) is -1.52. The summed E-state index contributed by atoms with van der Waals surface area (Å²) in [6.45, 7) is 0. The number of carboxylic acids is 1. The van der Waals surface area contributed by atoms with E-state index in [0.29, 0.717) is 0 Å². The summed E-state index contributed by atoms with van der Waals surface area (Å²) in [4.78, 5) is 10.6. The Morgan fingerprint density at radius 1 is 1.56 bits per heavy atom. The number of hydrogen-bond donors (Lipinski definition) is 3. The van der Waals surface area contributed by atoms with E-state index in [1.807, 2.05) is 0 Å². The highest BCUT2D eigenvalue weighted by Gasteiger charge is 2.27. The third-order valence-electron chi connectivity index (χ3n) is 2.15. The summed E-state index contributed by atoms with van der Waals surface area (Å²) < 4.78 is 18.0. The van der Waals surface area contributed by atoms with Crippen molar-refractivity contribution in [3.05, 3.63) is 29.6 Å². The number of aliphatic hydroxyl groups is 1. The lowest BCUT2D eigenvalue weighted by Crippen LogP contribution is -2.36. The summed E-state index contributed by atoms with van der Waals surface area (Å²) in [5.74, 6) is -2.26. The first-order valence-electron chi connectivity index (χ1n) is 4.48. The summed E-state index contributed by atoms with van der Waals surface area (Å²) in [5.41, 5.74) is 5.25. The number of carbonyl (C=O) groups is 1. The Hall–Kier alpha value is -1.66. The van der Waals surface area contributed by atoms with Crippen LogP contribution in [0, 0.1) is 5.82 Å². The zero-order valence-corrected chi connectivity index (χ0v) is 8.55. The molecule has 0 amide bonds. The molecular weight excluding hydrogens is 217 g/mol. The van der Waals surface area contributed by atoms with Crippen molar-refractivity contribution in [3.63, 3.8) is 0 Å². The average molecular weight is 229 g/mol. The number of aliphatic carboxylic acids is 1. The molecule has 0 aromatic heterocycles. The summed E-state index contributed by atoms with van der Waals surface area (Å²) in [6, 6.07) is 2.30. The van der Waals surface area contributed by atoms with Crippen molar-refractivity contribution in [1.29, 1.82) is 0 Å². The molecular formula is C10H12FNO4. The number of benzene rings is 1. The van der Waals surface area contributed by atoms with Crippen molar-refractivity contribution in [2.24, 2.45) is 5.73 Å². The van der Waals surface area contributed by atoms with Gasteiger partial charge in [-0.25, -0.2) is 4.39 Å². The van der Waals surface area contributed by atoms with Gasteiger partial charge in [0.15, 0.2) is 11.6 Å². The van der Waals surface area contributed by atoms with Gasteiger partial charge in [0, 0.05) is 5.56 Å². The predicted molar refractivity (Wildman–Crippen MR) is 53.5 cm³/mol. The Bertz CT molecular complexity index is 396. The summed E-state index contributed by atoms with van der Waals surface area (Å²) >= 11 is 0. The molecule has 0 saturated carbocycles. The first-order chi connectivity index (χ1) is 7.49. The van der Waals surface area contributed by atoms with Gasteiger partial charge in [-0.1, -0.05) is 12.1 Å². The second-order valence-electron chi connectivity index (χ2n) is 3.17. The van der Waals surface area contributed by atoms with Crippen molar-refractivity contribution >= 4 is 5.97 Å². The van der Waals surface area contributed by atoms with Crippen molar-refractivity contribution in [1.82, 2.24) is 0 Å². The smallest absolute Gasteiger partial charge is 0.323 e. The normalized spacial score (nSPS) is 14.2. The van der Waals surface area contributed by atoms with Crippen molar-refractivity contribution in [3.8, 4) is 5.75 Å². The van der Waals surface area contributed by atoms with E-state index < -0.39 is 23.9 Å². The highest BCUT2D eigenvalue weighted by atomic mass is 19.1. The fourth-order valence-corrected chi connectivity index (χ4v) is 1.30. The van der Waals surface area contributed by atoms with Crippen LogP contribution in [0.25, 0.3) is 0 Å². The van der Waals surface area contributed by atoms with Crippen LogP contribution in [0.4, 0.5) is 4.39 Å². The molecule has 0 aliphatic heterocycles. The van der Waals surface area contributed by atoms with Crippen LogP contribution in [-0.4, -0.2) is 29.3 Å². The second-order valence-corrected chi connectivity index (χ2v) is 3.17. The largest absolute Gasteiger partial charge is 0.493 e. The number of ether oxygens (including phenoxy) is 1. The van der Waals surface area contributed by atoms with Crippen molar-refractivity contribution in [2.45, 2.75) is 12.1 Å². The third-order valence-corrected chi connectivity index (χ3v) is 2.15. The van der Waals surface area contributed by atoms with Crippen LogP contribution in [0.5, 0.6) is 5.75 Å². The Morgan fingerprint density at radius 3 is 2.69 bits per heavy atom. The van der Waals surface area contributed by atoms with E-state index in [2.05, 4.69) is 0 Å². The number of rotatable bonds is 4. The van der Waals surface area contributed by atoms with Gasteiger partial charge in [0.1, 0.15) is 12.1 Å². The maximum Gasteiger partial charge on any atom is 0.323 e. The Balaban J connectivity index is 3.12. The highest BCUT2D eigenvalue weighted by molar-refractivity contribution is 5.74. The molecule has 0 saturated heterocycles. The molecule has 2 atom stereocenters. The van der Waals surface area contributed by atoms with Crippen molar-refractivity contribution < 1.29 is 24.1 Å². The number of halogens is 1. The first kappa shape index (κ1) is 12.4. The Kier molecular flexibility index (Phi) is 3.81. The molecule has 0 heterocycles. The minimum atomic E-state index is -1.53. The number of nitrogens with two attached hydrogens (primary N) is 1. The van der Waals surface area contributed by atoms with E-state index in [9.17, 15) is 14.3 Å². The average Bonchev–Trinajstić information content (AvgIpc) is 2.26. The maximum atomic E-state index is 13.3. The number of aliphatic hydroxyl groups excluding tert-OH is 1. The Labute approximate surface area is 91.3 Å². The van der Waals surface area contributed by atoms with Gasteiger partial charge in [0.05, 0.1) is 7.11 Å². The van der Waals surface area contributed by atoms with Gasteiger partial charge in [-0.3, -0.25) is 4.79 Å². The molecule has 0 aliphatic rings. The van der Waals surface area contributed by atoms with Gasteiger partial charge in [0.25, 0.3) is 0 Å². The number of methoxy groups -OCH3 is 1. The summed E-state index contributed by atoms with van der Waals surface area (Å²) in [7, 11) is 1.22. The lowest BCUT2D eigenvalue weighted by molar-refractivity contribution is -0.141. The van der Waals surface area contributed by atoms with Crippen LogP contribution in [0.2, 0.25) is 0 Å². The molecule has 0 bridgehead atoms. The van der Waals surface area contributed by atoms with E-state index in [0.717, 1.165) is 6.07 Å². The molecule has 1 aromatic carbocycles. The number of carboxylic acid groups (broad SMARTS) is 1. The van der Waals surface area contributed by atoms with Gasteiger partial charge < -0.3 is 20.7 Å². The van der Waals surface area contributed by atoms with Crippen LogP contribution in [0.15, 0.2) is 18.2 Å². The number of para-hydroxylation sites is 1. The quantitative estimate of drug-likeness (QED) is 0.689. The van der Waals surface area contributed by atoms with Crippen LogP contribution in [0.3, 0.4) is 0 Å². The molecule has 5 nitrogen and oxygen atoms in total. The molecule has 0 radical (unpaired) electrons. The highest BCUT2D eigenvalue weighted by Crippen LogP contribution is 2.29. The van der Waals surface area contributed by atoms with E-state index in [-0.39, 0.29) is 11.3 Å². The SMILES string of the molecule is COc1c(F)cccc1C(O)C(N)C(=O)O. The first-order valence-corrected chi connectivity index (χ1v) is 4.48. The van der Waals surface area contributed by atoms with E-state index in [1.54, 1.807) is 0 Å². The lowest BCUT2D eigenvalue weighted by Gasteiger charge is -2.18. The third kappa shape index (κ3) is 2.29. The van der Waals surface area contributed by atoms with Crippen LogP contribution >= 0.6 is 0 Å². The molecule has 1 aromatic rings. The van der Waals surface area contributed by atoms with Gasteiger partial charge >= 0.3 is 5.97 Å². The van der Waals surface area contributed by atoms with Crippen LogP contribution < -0.4 is 10.5 Å². The molecule has 2 unspecified atom stereocenters. The van der Waals surface area contributed by atoms with Gasteiger partial charge in [-0.15, -0.1) is 0 Å². The standard InChI is InChI=1S/C10H12FNO4/c1-16-9-5(3-2-4-6(9)11)8(13)7(12)10(14)15/h2-4,7-8,13H,12H2,1H3,(H,14,15). The van der Waals surface area contributed by atoms with E-state index in [1.165, 1.54) is 19.2 Å². The van der Waals surface area contributed by atoms with Crippen molar-refractivity contribution in [2.75, 3.05) is 7.11 Å². The minimum Gasteiger partial charge on any atom is -0.493 e. The summed E-state index contributed by atoms with van der Waals surface area (Å²) in [5, 5.41) is 18.3. The molecule has 4 N–H and O–H groups in total. The monoisotopic (exact) mass is 229 g/mol. The number of hydrogen-bond acceptors (Lipinski definition) is 4. The van der Waals surface area contributed by atoms with Gasteiger partial charge in [-0.05, 0) is 6.07 Å². The minimum absolute atomic E-state index is 0.0115.